The Morgan fingerprint density at radius 3 is 1.47 bits per heavy atom. The molecule has 30 heavy (non-hydrogen) atoms. The highest BCUT2D eigenvalue weighted by molar-refractivity contribution is 6.06. The average molecular weight is 433 g/mol. The molecule has 172 valence electrons. The number of aliphatic hydroxyl groups is 2. The number of carbonyl (C=O) groups excluding carboxylic acids is 2. The minimum atomic E-state index is -1.70. The molecule has 0 rings (SSSR count). The molecule has 0 fully saturated rings. The Morgan fingerprint density at radius 2 is 1.13 bits per heavy atom. The van der Waals surface area contributed by atoms with Gasteiger partial charge in [-0.25, -0.2) is 0 Å². The van der Waals surface area contributed by atoms with Crippen LogP contribution < -0.4 is 0 Å². The summed E-state index contributed by atoms with van der Waals surface area (Å²) in [4.78, 5) is 47.9. The maximum Gasteiger partial charge on any atom is 0.317 e. The molecule has 0 heterocycles. The number of Topliss-reactive ketones (excluding diaryl/α,β-unsaturated/α-hetero) is 1. The fourth-order valence-corrected chi connectivity index (χ4v) is 3.09. The van der Waals surface area contributed by atoms with E-state index in [1.807, 2.05) is 0 Å². The smallest absolute Gasteiger partial charge is 0.317 e. The Balaban J connectivity index is 5.45. The first-order chi connectivity index (χ1) is 13.4. The molecule has 10 heteroatoms. The highest BCUT2D eigenvalue weighted by Gasteiger charge is 2.38. The summed E-state index contributed by atoms with van der Waals surface area (Å²) in [5, 5.41) is 39.1. The summed E-state index contributed by atoms with van der Waals surface area (Å²) < 4.78 is 0.486. The molecule has 0 amide bonds. The quantitative estimate of drug-likeness (QED) is 0.164. The summed E-state index contributed by atoms with van der Waals surface area (Å²) in [6, 6.07) is 0. The molecule has 4 unspecified atom stereocenters. The number of carboxylic acid groups (broad SMARTS) is 2. The van der Waals surface area contributed by atoms with Crippen molar-refractivity contribution < 1.29 is 48.6 Å². The van der Waals surface area contributed by atoms with Crippen LogP contribution in [0.4, 0.5) is 0 Å². The first kappa shape index (κ1) is 27.9. The van der Waals surface area contributed by atoms with Crippen LogP contribution in [-0.4, -0.2) is 120 Å². The number of allylic oxidation sites excluding steroid dienone is 2. The van der Waals surface area contributed by atoms with Crippen LogP contribution in [0.5, 0.6) is 0 Å². The number of ketones is 2. The van der Waals surface area contributed by atoms with Crippen LogP contribution >= 0.6 is 0 Å². The fourth-order valence-electron chi connectivity index (χ4n) is 3.09. The van der Waals surface area contributed by atoms with Crippen LogP contribution in [0.1, 0.15) is 13.3 Å². The van der Waals surface area contributed by atoms with Gasteiger partial charge in [0.1, 0.15) is 31.2 Å². The lowest BCUT2D eigenvalue weighted by molar-refractivity contribution is -0.873. The van der Waals surface area contributed by atoms with Crippen molar-refractivity contribution in [2.45, 2.75) is 25.6 Å². The maximum absolute atomic E-state index is 12.5. The van der Waals surface area contributed by atoms with Crippen LogP contribution in [0.3, 0.4) is 0 Å². The monoisotopic (exact) mass is 432 g/mol. The first-order valence-corrected chi connectivity index (χ1v) is 9.52. The predicted molar refractivity (Wildman–Crippen MR) is 108 cm³/mol. The maximum atomic E-state index is 12.5. The van der Waals surface area contributed by atoms with Gasteiger partial charge in [-0.15, -0.1) is 0 Å². The number of carboxylic acids is 2. The van der Waals surface area contributed by atoms with E-state index in [1.54, 1.807) is 42.3 Å². The Kier molecular flexibility index (Phi) is 9.99. The van der Waals surface area contributed by atoms with Gasteiger partial charge in [-0.2, -0.15) is 0 Å². The molecule has 0 aromatic carbocycles. The summed E-state index contributed by atoms with van der Waals surface area (Å²) in [5.74, 6) is -8.00. The van der Waals surface area contributed by atoms with Crippen LogP contribution in [0, 0.1) is 11.8 Å². The minimum Gasteiger partial charge on any atom is -0.481 e. The van der Waals surface area contributed by atoms with Crippen molar-refractivity contribution in [1.29, 1.82) is 0 Å². The number of aliphatic carboxylic acids is 2. The van der Waals surface area contributed by atoms with Crippen molar-refractivity contribution in [3.8, 4) is 0 Å². The molecule has 0 aliphatic heterocycles. The van der Waals surface area contributed by atoms with Gasteiger partial charge in [-0.1, -0.05) is 5.57 Å². The third-order valence-corrected chi connectivity index (χ3v) is 4.27. The Labute approximate surface area is 177 Å². The van der Waals surface area contributed by atoms with Crippen LogP contribution in [0.25, 0.3) is 0 Å². The van der Waals surface area contributed by atoms with Crippen molar-refractivity contribution in [2.75, 3.05) is 55.4 Å². The summed E-state index contributed by atoms with van der Waals surface area (Å²) in [6.07, 6.45) is -2.35. The van der Waals surface area contributed by atoms with Crippen molar-refractivity contribution in [3.63, 3.8) is 0 Å². The van der Waals surface area contributed by atoms with Gasteiger partial charge in [-0.05, 0) is 13.0 Å². The van der Waals surface area contributed by atoms with Gasteiger partial charge >= 0.3 is 11.9 Å². The summed E-state index contributed by atoms with van der Waals surface area (Å²) in [6.45, 7) is 1.45. The van der Waals surface area contributed by atoms with Crippen LogP contribution in [0.2, 0.25) is 0 Å². The molecule has 0 aliphatic rings. The number of quaternary nitrogens is 2. The second kappa shape index (κ2) is 10.8. The number of nitrogens with zero attached hydrogens (tertiary/aromatic N) is 2. The number of hydrogen-bond acceptors (Lipinski definition) is 6. The molecule has 0 aliphatic carbocycles. The van der Waals surface area contributed by atoms with E-state index in [-0.39, 0.29) is 27.6 Å². The molecule has 0 radical (unpaired) electrons. The third kappa shape index (κ3) is 10.1. The summed E-state index contributed by atoms with van der Waals surface area (Å²) in [7, 11) is 10.4. The van der Waals surface area contributed by atoms with Gasteiger partial charge in [0.25, 0.3) is 0 Å². The largest absolute Gasteiger partial charge is 0.481 e. The molecule has 4 atom stereocenters. The molecular weight excluding hydrogens is 396 g/mol. The molecule has 0 aromatic rings. The lowest BCUT2D eigenvalue weighted by Gasteiger charge is -2.29. The minimum absolute atomic E-state index is 0.0207. The van der Waals surface area contributed by atoms with Crippen molar-refractivity contribution in [1.82, 2.24) is 0 Å². The lowest BCUT2D eigenvalue weighted by atomic mass is 9.90. The van der Waals surface area contributed by atoms with Gasteiger partial charge in [0.05, 0.1) is 42.3 Å². The molecular formula is C20H36N2O8+2. The number of carbonyl (C=O) groups is 4. The first-order valence-electron chi connectivity index (χ1n) is 9.52. The van der Waals surface area contributed by atoms with Crippen LogP contribution in [0.15, 0.2) is 11.6 Å². The normalized spacial score (nSPS) is 17.0. The molecule has 10 nitrogen and oxygen atoms in total. The van der Waals surface area contributed by atoms with E-state index < -0.39 is 54.0 Å². The molecule has 0 saturated heterocycles. The lowest BCUT2D eigenvalue weighted by Crippen LogP contribution is -2.48. The van der Waals surface area contributed by atoms with Crippen molar-refractivity contribution in [3.05, 3.63) is 11.6 Å². The number of hydrogen-bond donors (Lipinski definition) is 4. The SMILES string of the molecule is C/C(=C\C(=O)C(C(=O)O)C(O)C[N+](C)(C)C)CC(=O)C(C(=O)O)C(O)C[N+](C)(C)C. The van der Waals surface area contributed by atoms with E-state index in [0.717, 1.165) is 6.08 Å². The number of likely N-dealkylation sites (N-methyl/N-ethyl adjacent to an activating group) is 2. The highest BCUT2D eigenvalue weighted by Crippen LogP contribution is 2.17. The molecule has 0 spiro atoms. The Bertz CT molecular complexity index is 688. The third-order valence-electron chi connectivity index (χ3n) is 4.27. The van der Waals surface area contributed by atoms with Gasteiger partial charge in [0.15, 0.2) is 17.5 Å². The fraction of sp³-hybridized carbons (Fsp3) is 0.700. The number of rotatable bonds is 13. The van der Waals surface area contributed by atoms with Gasteiger partial charge in [0, 0.05) is 6.42 Å². The Morgan fingerprint density at radius 1 is 0.767 bits per heavy atom. The van der Waals surface area contributed by atoms with E-state index in [0.29, 0.717) is 0 Å². The van der Waals surface area contributed by atoms with Crippen LogP contribution in [-0.2, 0) is 19.2 Å². The van der Waals surface area contributed by atoms with E-state index >= 15 is 0 Å². The second-order valence-electron chi connectivity index (χ2n) is 9.75. The molecule has 0 bridgehead atoms. The zero-order valence-electron chi connectivity index (χ0n) is 18.8. The van der Waals surface area contributed by atoms with Gasteiger partial charge in [0.2, 0.25) is 0 Å². The summed E-state index contributed by atoms with van der Waals surface area (Å²) in [5.41, 5.74) is 0.150. The van der Waals surface area contributed by atoms with E-state index in [1.165, 1.54) is 6.92 Å². The topological polar surface area (TPSA) is 149 Å². The molecule has 0 saturated carbocycles. The predicted octanol–water partition coefficient (Wildman–Crippen LogP) is -1.00. The zero-order valence-corrected chi connectivity index (χ0v) is 18.8. The average Bonchev–Trinajstić information content (AvgIpc) is 2.41. The van der Waals surface area contributed by atoms with Crippen molar-refractivity contribution >= 4 is 23.5 Å². The van der Waals surface area contributed by atoms with E-state index in [4.69, 9.17) is 0 Å². The highest BCUT2D eigenvalue weighted by atomic mass is 16.4. The van der Waals surface area contributed by atoms with E-state index in [2.05, 4.69) is 0 Å². The summed E-state index contributed by atoms with van der Waals surface area (Å²) >= 11 is 0. The molecule has 0 aromatic heterocycles. The van der Waals surface area contributed by atoms with Gasteiger partial charge in [-0.3, -0.25) is 19.2 Å². The standard InChI is InChI=1S/C20H34N2O8/c1-12(8-13(23)17(19(27)28)15(25)10-21(2,3)4)9-14(24)18(20(29)30)16(26)11-22(5,6)7/h8,15-18,25-26H,9-11H2,1-7H3/p+2/b12-8+. The van der Waals surface area contributed by atoms with Gasteiger partial charge < -0.3 is 29.4 Å². The second-order valence-corrected chi connectivity index (χ2v) is 9.75. The van der Waals surface area contributed by atoms with Crippen molar-refractivity contribution in [2.24, 2.45) is 11.8 Å². The van der Waals surface area contributed by atoms with E-state index in [9.17, 15) is 39.6 Å². The molecule has 4 N–H and O–H groups in total. The zero-order chi connectivity index (χ0) is 24.0. The Hall–Kier alpha value is -2.14. The number of aliphatic hydroxyl groups excluding tert-OH is 2.